The predicted molar refractivity (Wildman–Crippen MR) is 101 cm³/mol. The first kappa shape index (κ1) is 19.1. The number of sulfonamides is 1. The zero-order valence-electron chi connectivity index (χ0n) is 15.3. The molecule has 142 valence electrons. The van der Waals surface area contributed by atoms with E-state index >= 15 is 0 Å². The molecule has 7 nitrogen and oxygen atoms in total. The number of carbonyl (C=O) groups is 1. The zero-order chi connectivity index (χ0) is 18.9. The Hall–Kier alpha value is -1.71. The molecule has 1 fully saturated rings. The van der Waals surface area contributed by atoms with Gasteiger partial charge in [-0.05, 0) is 31.7 Å². The van der Waals surface area contributed by atoms with E-state index in [4.69, 9.17) is 0 Å². The van der Waals surface area contributed by atoms with E-state index in [-0.39, 0.29) is 5.91 Å². The molecule has 0 unspecified atom stereocenters. The molecule has 0 radical (unpaired) electrons. The highest BCUT2D eigenvalue weighted by atomic mass is 32.2. The van der Waals surface area contributed by atoms with Gasteiger partial charge in [-0.25, -0.2) is 8.42 Å². The fourth-order valence-electron chi connectivity index (χ4n) is 3.31. The van der Waals surface area contributed by atoms with Crippen LogP contribution in [-0.2, 0) is 28.3 Å². The summed E-state index contributed by atoms with van der Waals surface area (Å²) in [5.41, 5.74) is 1.15. The molecule has 2 aromatic heterocycles. The lowest BCUT2D eigenvalue weighted by Crippen LogP contribution is -2.38. The Morgan fingerprint density at radius 2 is 2.00 bits per heavy atom. The number of nitrogens with zero attached hydrogens (tertiary/aromatic N) is 4. The van der Waals surface area contributed by atoms with Gasteiger partial charge in [0.1, 0.15) is 4.90 Å². The molecular weight excluding hydrogens is 372 g/mol. The monoisotopic (exact) mass is 396 g/mol. The second-order valence-electron chi connectivity index (χ2n) is 6.52. The molecule has 0 aromatic carbocycles. The van der Waals surface area contributed by atoms with Gasteiger partial charge in [0, 0.05) is 38.1 Å². The van der Waals surface area contributed by atoms with Crippen molar-refractivity contribution in [2.45, 2.75) is 31.6 Å². The van der Waals surface area contributed by atoms with Crippen LogP contribution in [0.25, 0.3) is 0 Å². The molecule has 0 saturated carbocycles. The van der Waals surface area contributed by atoms with Crippen molar-refractivity contribution in [1.82, 2.24) is 19.0 Å². The van der Waals surface area contributed by atoms with Crippen molar-refractivity contribution in [1.29, 1.82) is 0 Å². The largest absolute Gasteiger partial charge is 0.341 e. The quantitative estimate of drug-likeness (QED) is 0.786. The summed E-state index contributed by atoms with van der Waals surface area (Å²) in [6, 6.07) is 3.88. The van der Waals surface area contributed by atoms with Crippen molar-refractivity contribution in [3.05, 3.63) is 33.8 Å². The summed E-state index contributed by atoms with van der Waals surface area (Å²) in [5, 5.41) is 6.18. The molecule has 1 saturated heterocycles. The standard InChI is InChI=1S/C17H24N4O3S2/c1-13-17(14(2)19(3)18-13)26(23,24)21-8-5-7-20(9-10-21)16(22)12-15-6-4-11-25-15/h4,6,11H,5,7-10,12H2,1-3H3. The van der Waals surface area contributed by atoms with Crippen molar-refractivity contribution in [2.75, 3.05) is 26.2 Å². The normalized spacial score (nSPS) is 16.7. The van der Waals surface area contributed by atoms with Crippen LogP contribution in [0.15, 0.2) is 22.4 Å². The summed E-state index contributed by atoms with van der Waals surface area (Å²) in [5.74, 6) is 0.0560. The van der Waals surface area contributed by atoms with Gasteiger partial charge in [-0.3, -0.25) is 9.48 Å². The minimum Gasteiger partial charge on any atom is -0.341 e. The lowest BCUT2D eigenvalue weighted by Gasteiger charge is -2.22. The van der Waals surface area contributed by atoms with Crippen LogP contribution in [0, 0.1) is 13.8 Å². The number of aromatic nitrogens is 2. The molecule has 0 N–H and O–H groups in total. The minimum absolute atomic E-state index is 0.0560. The Morgan fingerprint density at radius 3 is 2.62 bits per heavy atom. The van der Waals surface area contributed by atoms with E-state index in [9.17, 15) is 13.2 Å². The predicted octanol–water partition coefficient (Wildman–Crippen LogP) is 1.56. The summed E-state index contributed by atoms with van der Waals surface area (Å²) >= 11 is 1.56. The molecule has 0 spiro atoms. The van der Waals surface area contributed by atoms with Gasteiger partial charge in [0.15, 0.2) is 0 Å². The van der Waals surface area contributed by atoms with Crippen LogP contribution in [0.2, 0.25) is 0 Å². The van der Waals surface area contributed by atoms with Gasteiger partial charge < -0.3 is 4.90 Å². The van der Waals surface area contributed by atoms with Gasteiger partial charge in [0.05, 0.1) is 17.8 Å². The first-order valence-electron chi connectivity index (χ1n) is 8.61. The maximum atomic E-state index is 13.1. The molecule has 9 heteroatoms. The van der Waals surface area contributed by atoms with E-state index < -0.39 is 10.0 Å². The van der Waals surface area contributed by atoms with Crippen molar-refractivity contribution >= 4 is 27.3 Å². The highest BCUT2D eigenvalue weighted by Gasteiger charge is 2.32. The Balaban J connectivity index is 1.72. The van der Waals surface area contributed by atoms with Crippen LogP contribution in [0.5, 0.6) is 0 Å². The number of amides is 1. The first-order chi connectivity index (χ1) is 12.3. The second kappa shape index (κ2) is 7.50. The lowest BCUT2D eigenvalue weighted by molar-refractivity contribution is -0.130. The van der Waals surface area contributed by atoms with Crippen LogP contribution in [-0.4, -0.2) is 59.5 Å². The van der Waals surface area contributed by atoms with Gasteiger partial charge in [-0.1, -0.05) is 6.07 Å². The third-order valence-electron chi connectivity index (χ3n) is 4.75. The lowest BCUT2D eigenvalue weighted by atomic mass is 10.3. The number of rotatable bonds is 4. The van der Waals surface area contributed by atoms with Crippen molar-refractivity contribution in [3.8, 4) is 0 Å². The van der Waals surface area contributed by atoms with Crippen molar-refractivity contribution < 1.29 is 13.2 Å². The van der Waals surface area contributed by atoms with E-state index in [0.29, 0.717) is 55.3 Å². The maximum absolute atomic E-state index is 13.1. The van der Waals surface area contributed by atoms with E-state index in [1.165, 1.54) is 4.31 Å². The second-order valence-corrected chi connectivity index (χ2v) is 9.43. The topological polar surface area (TPSA) is 75.5 Å². The number of thiophene rings is 1. The number of hydrogen-bond acceptors (Lipinski definition) is 5. The van der Waals surface area contributed by atoms with E-state index in [2.05, 4.69) is 5.10 Å². The summed E-state index contributed by atoms with van der Waals surface area (Å²) in [6.45, 7) is 5.21. The molecule has 1 aliphatic heterocycles. The van der Waals surface area contributed by atoms with E-state index in [1.807, 2.05) is 17.5 Å². The Bertz CT molecular complexity index is 888. The minimum atomic E-state index is -3.61. The number of carbonyl (C=O) groups excluding carboxylic acids is 1. The highest BCUT2D eigenvalue weighted by Crippen LogP contribution is 2.24. The molecule has 3 rings (SSSR count). The molecule has 0 aliphatic carbocycles. The number of aryl methyl sites for hydroxylation is 2. The summed E-state index contributed by atoms with van der Waals surface area (Å²) in [6.07, 6.45) is 1.01. The van der Waals surface area contributed by atoms with Gasteiger partial charge in [-0.15, -0.1) is 11.3 Å². The summed E-state index contributed by atoms with van der Waals surface area (Å²) < 4.78 is 29.3. The van der Waals surface area contributed by atoms with E-state index in [1.54, 1.807) is 41.8 Å². The van der Waals surface area contributed by atoms with Gasteiger partial charge >= 0.3 is 0 Å². The average molecular weight is 397 g/mol. The fourth-order valence-corrected chi connectivity index (χ4v) is 5.88. The molecule has 1 amide bonds. The van der Waals surface area contributed by atoms with Crippen LogP contribution in [0.1, 0.15) is 22.7 Å². The Labute approximate surface area is 158 Å². The molecule has 3 heterocycles. The van der Waals surface area contributed by atoms with Crippen molar-refractivity contribution in [3.63, 3.8) is 0 Å². The molecule has 2 aromatic rings. The third kappa shape index (κ3) is 3.70. The Kier molecular flexibility index (Phi) is 5.50. The summed E-state index contributed by atoms with van der Waals surface area (Å²) in [7, 11) is -1.87. The maximum Gasteiger partial charge on any atom is 0.246 e. The van der Waals surface area contributed by atoms with Crippen molar-refractivity contribution in [2.24, 2.45) is 7.05 Å². The van der Waals surface area contributed by atoms with Crippen LogP contribution < -0.4 is 0 Å². The molecule has 26 heavy (non-hydrogen) atoms. The molecule has 1 aliphatic rings. The van der Waals surface area contributed by atoms with Crippen LogP contribution in [0.4, 0.5) is 0 Å². The Morgan fingerprint density at radius 1 is 1.23 bits per heavy atom. The van der Waals surface area contributed by atoms with Gasteiger partial charge in [0.2, 0.25) is 15.9 Å². The average Bonchev–Trinajstić information content (AvgIpc) is 3.06. The number of hydrogen-bond donors (Lipinski definition) is 0. The fraction of sp³-hybridized carbons (Fsp3) is 0.529. The molecular formula is C17H24N4O3S2. The van der Waals surface area contributed by atoms with Crippen LogP contribution in [0.3, 0.4) is 0 Å². The third-order valence-corrected chi connectivity index (χ3v) is 7.78. The van der Waals surface area contributed by atoms with E-state index in [0.717, 1.165) is 4.88 Å². The first-order valence-corrected chi connectivity index (χ1v) is 10.9. The molecule has 0 bridgehead atoms. The highest BCUT2D eigenvalue weighted by molar-refractivity contribution is 7.89. The van der Waals surface area contributed by atoms with Gasteiger partial charge in [0.25, 0.3) is 0 Å². The smallest absolute Gasteiger partial charge is 0.246 e. The SMILES string of the molecule is Cc1nn(C)c(C)c1S(=O)(=O)N1CCCN(C(=O)Cc2cccs2)CC1. The summed E-state index contributed by atoms with van der Waals surface area (Å²) in [4.78, 5) is 15.6. The zero-order valence-corrected chi connectivity index (χ0v) is 16.9. The molecule has 0 atom stereocenters. The van der Waals surface area contributed by atoms with Gasteiger partial charge in [-0.2, -0.15) is 9.40 Å². The van der Waals surface area contributed by atoms with Crippen LogP contribution >= 0.6 is 11.3 Å².